The largest absolute Gasteiger partial charge is 0.479 e. The summed E-state index contributed by atoms with van der Waals surface area (Å²) in [4.78, 5) is 36.7. The molecule has 0 aromatic rings. The van der Waals surface area contributed by atoms with Crippen molar-refractivity contribution in [3.8, 4) is 0 Å². The molecule has 0 aromatic heterocycles. The lowest BCUT2D eigenvalue weighted by atomic mass is 9.97. The van der Waals surface area contributed by atoms with Crippen LogP contribution in [0.25, 0.3) is 0 Å². The Balaban J connectivity index is 2.46. The first-order chi connectivity index (χ1) is 10.8. The highest BCUT2D eigenvalue weighted by Crippen LogP contribution is 2.16. The van der Waals surface area contributed by atoms with Crippen LogP contribution in [0.4, 0.5) is 4.79 Å². The number of rotatable bonds is 7. The van der Waals surface area contributed by atoms with Crippen molar-refractivity contribution in [2.75, 3.05) is 33.3 Å². The molecule has 1 rings (SSSR count). The number of nitrogens with zero attached hydrogens (tertiary/aromatic N) is 1. The standard InChI is InChI=1S/C15H27N3O5/c1-10(2)7-17-15(22)18-6-4-5-11(9-18)13(19)16-8-12(23-3)14(20)21/h10-12H,4-9H2,1-3H3,(H,16,19)(H,17,22)(H,20,21). The Morgan fingerprint density at radius 2 is 1.96 bits per heavy atom. The predicted octanol–water partition coefficient (Wildman–Crippen LogP) is 0.280. The Labute approximate surface area is 136 Å². The van der Waals surface area contributed by atoms with Crippen molar-refractivity contribution in [2.24, 2.45) is 11.8 Å². The highest BCUT2D eigenvalue weighted by Gasteiger charge is 2.29. The van der Waals surface area contributed by atoms with Gasteiger partial charge in [-0.15, -0.1) is 0 Å². The van der Waals surface area contributed by atoms with Crippen molar-refractivity contribution in [1.82, 2.24) is 15.5 Å². The maximum Gasteiger partial charge on any atom is 0.334 e. The van der Waals surface area contributed by atoms with Gasteiger partial charge in [0.25, 0.3) is 0 Å². The fourth-order valence-corrected chi connectivity index (χ4v) is 2.39. The third-order valence-corrected chi connectivity index (χ3v) is 3.76. The summed E-state index contributed by atoms with van der Waals surface area (Å²) in [7, 11) is 1.28. The van der Waals surface area contributed by atoms with Gasteiger partial charge in [-0.25, -0.2) is 9.59 Å². The number of likely N-dealkylation sites (tertiary alicyclic amines) is 1. The van der Waals surface area contributed by atoms with Gasteiger partial charge in [0.1, 0.15) is 0 Å². The third-order valence-electron chi connectivity index (χ3n) is 3.76. The first kappa shape index (κ1) is 19.2. The van der Waals surface area contributed by atoms with Gasteiger partial charge < -0.3 is 25.4 Å². The van der Waals surface area contributed by atoms with E-state index >= 15 is 0 Å². The van der Waals surface area contributed by atoms with Crippen molar-refractivity contribution in [2.45, 2.75) is 32.8 Å². The van der Waals surface area contributed by atoms with Crippen molar-refractivity contribution in [3.05, 3.63) is 0 Å². The molecule has 0 aromatic carbocycles. The smallest absolute Gasteiger partial charge is 0.334 e. The zero-order valence-electron chi connectivity index (χ0n) is 14.0. The molecular formula is C15H27N3O5. The number of ether oxygens (including phenoxy) is 1. The Morgan fingerprint density at radius 3 is 2.52 bits per heavy atom. The number of hydrogen-bond donors (Lipinski definition) is 3. The van der Waals surface area contributed by atoms with Crippen LogP contribution in [0.2, 0.25) is 0 Å². The lowest BCUT2D eigenvalue weighted by Gasteiger charge is -2.32. The molecule has 1 aliphatic rings. The van der Waals surface area contributed by atoms with Crippen LogP contribution < -0.4 is 10.6 Å². The number of carboxylic acids is 1. The summed E-state index contributed by atoms with van der Waals surface area (Å²) in [6.45, 7) is 5.52. The van der Waals surface area contributed by atoms with E-state index in [0.717, 1.165) is 6.42 Å². The second-order valence-electron chi connectivity index (χ2n) is 6.17. The number of methoxy groups -OCH3 is 1. The quantitative estimate of drug-likeness (QED) is 0.622. The van der Waals surface area contributed by atoms with E-state index in [-0.39, 0.29) is 24.4 Å². The van der Waals surface area contributed by atoms with Gasteiger partial charge in [-0.3, -0.25) is 4.79 Å². The Bertz CT molecular complexity index is 427. The first-order valence-electron chi connectivity index (χ1n) is 7.91. The minimum absolute atomic E-state index is 0.0826. The van der Waals surface area contributed by atoms with Crippen LogP contribution in [-0.4, -0.2) is 67.3 Å². The van der Waals surface area contributed by atoms with E-state index < -0.39 is 12.1 Å². The molecule has 8 heteroatoms. The average Bonchev–Trinajstić information content (AvgIpc) is 2.52. The number of carbonyl (C=O) groups is 3. The molecule has 1 aliphatic heterocycles. The molecular weight excluding hydrogens is 302 g/mol. The van der Waals surface area contributed by atoms with E-state index in [9.17, 15) is 14.4 Å². The Hall–Kier alpha value is -1.83. The molecule has 2 unspecified atom stereocenters. The van der Waals surface area contributed by atoms with E-state index in [4.69, 9.17) is 9.84 Å². The number of nitrogens with one attached hydrogen (secondary N) is 2. The van der Waals surface area contributed by atoms with Crippen molar-refractivity contribution in [1.29, 1.82) is 0 Å². The Morgan fingerprint density at radius 1 is 1.26 bits per heavy atom. The minimum Gasteiger partial charge on any atom is -0.479 e. The number of amides is 3. The normalized spacial score (nSPS) is 19.3. The summed E-state index contributed by atoms with van der Waals surface area (Å²) in [6.07, 6.45) is 0.373. The lowest BCUT2D eigenvalue weighted by Crippen LogP contribution is -2.50. The second kappa shape index (κ2) is 9.34. The molecule has 3 amide bonds. The number of urea groups is 1. The molecule has 1 fully saturated rings. The van der Waals surface area contributed by atoms with Gasteiger partial charge in [-0.1, -0.05) is 13.8 Å². The molecule has 2 atom stereocenters. The molecule has 132 valence electrons. The highest BCUT2D eigenvalue weighted by atomic mass is 16.5. The van der Waals surface area contributed by atoms with Gasteiger partial charge in [0, 0.05) is 26.7 Å². The predicted molar refractivity (Wildman–Crippen MR) is 84.0 cm³/mol. The van der Waals surface area contributed by atoms with E-state index in [1.165, 1.54) is 7.11 Å². The van der Waals surface area contributed by atoms with E-state index in [1.54, 1.807) is 4.90 Å². The van der Waals surface area contributed by atoms with E-state index in [1.807, 2.05) is 13.8 Å². The zero-order chi connectivity index (χ0) is 17.4. The van der Waals surface area contributed by atoms with Crippen LogP contribution in [-0.2, 0) is 14.3 Å². The maximum atomic E-state index is 12.2. The number of carboxylic acid groups (broad SMARTS) is 1. The third kappa shape index (κ3) is 6.43. The fourth-order valence-electron chi connectivity index (χ4n) is 2.39. The summed E-state index contributed by atoms with van der Waals surface area (Å²) in [6, 6.07) is -0.156. The monoisotopic (exact) mass is 329 g/mol. The molecule has 0 bridgehead atoms. The van der Waals surface area contributed by atoms with E-state index in [0.29, 0.717) is 32.0 Å². The molecule has 8 nitrogen and oxygen atoms in total. The molecule has 0 aliphatic carbocycles. The summed E-state index contributed by atoms with van der Waals surface area (Å²) in [5.74, 6) is -1.31. The van der Waals surface area contributed by atoms with Crippen molar-refractivity contribution < 1.29 is 24.2 Å². The molecule has 0 spiro atoms. The van der Waals surface area contributed by atoms with Gasteiger partial charge in [0.05, 0.1) is 12.5 Å². The maximum absolute atomic E-state index is 12.2. The average molecular weight is 329 g/mol. The molecule has 3 N–H and O–H groups in total. The molecule has 1 heterocycles. The van der Waals surface area contributed by atoms with Gasteiger partial charge in [-0.2, -0.15) is 0 Å². The molecule has 0 radical (unpaired) electrons. The van der Waals surface area contributed by atoms with Crippen LogP contribution in [0.5, 0.6) is 0 Å². The topological polar surface area (TPSA) is 108 Å². The highest BCUT2D eigenvalue weighted by molar-refractivity contribution is 5.81. The minimum atomic E-state index is -1.12. The summed E-state index contributed by atoms with van der Waals surface area (Å²) in [5, 5.41) is 14.3. The Kier molecular flexibility index (Phi) is 7.80. The first-order valence-corrected chi connectivity index (χ1v) is 7.91. The van der Waals surface area contributed by atoms with Crippen LogP contribution in [0, 0.1) is 11.8 Å². The number of aliphatic carboxylic acids is 1. The number of hydrogen-bond acceptors (Lipinski definition) is 4. The lowest BCUT2D eigenvalue weighted by molar-refractivity contribution is -0.148. The molecule has 23 heavy (non-hydrogen) atoms. The van der Waals surface area contributed by atoms with Crippen LogP contribution in [0.3, 0.4) is 0 Å². The molecule has 1 saturated heterocycles. The molecule has 0 saturated carbocycles. The van der Waals surface area contributed by atoms with Crippen molar-refractivity contribution >= 4 is 17.9 Å². The summed E-state index contributed by atoms with van der Waals surface area (Å²) < 4.78 is 4.77. The number of piperidine rings is 1. The van der Waals surface area contributed by atoms with Gasteiger partial charge in [-0.05, 0) is 18.8 Å². The number of carbonyl (C=O) groups excluding carboxylic acids is 2. The summed E-state index contributed by atoms with van der Waals surface area (Å²) in [5.41, 5.74) is 0. The van der Waals surface area contributed by atoms with Crippen LogP contribution >= 0.6 is 0 Å². The van der Waals surface area contributed by atoms with Gasteiger partial charge in [0.15, 0.2) is 6.10 Å². The second-order valence-corrected chi connectivity index (χ2v) is 6.17. The van der Waals surface area contributed by atoms with Crippen molar-refractivity contribution in [3.63, 3.8) is 0 Å². The van der Waals surface area contributed by atoms with Gasteiger partial charge >= 0.3 is 12.0 Å². The zero-order valence-corrected chi connectivity index (χ0v) is 14.0. The van der Waals surface area contributed by atoms with Crippen LogP contribution in [0.15, 0.2) is 0 Å². The summed E-state index contributed by atoms with van der Waals surface area (Å²) >= 11 is 0. The van der Waals surface area contributed by atoms with Gasteiger partial charge in [0.2, 0.25) is 5.91 Å². The van der Waals surface area contributed by atoms with Crippen LogP contribution in [0.1, 0.15) is 26.7 Å². The van der Waals surface area contributed by atoms with E-state index in [2.05, 4.69) is 10.6 Å². The fraction of sp³-hybridized carbons (Fsp3) is 0.800. The SMILES string of the molecule is COC(CNC(=O)C1CCCN(C(=O)NCC(C)C)C1)C(=O)O.